The van der Waals surface area contributed by atoms with Crippen molar-refractivity contribution in [2.75, 3.05) is 6.54 Å². The zero-order chi connectivity index (χ0) is 16.8. The molecule has 0 atom stereocenters. The number of pyridine rings is 1. The molecule has 3 rings (SSSR count). The Morgan fingerprint density at radius 2 is 1.67 bits per heavy atom. The Morgan fingerprint density at radius 1 is 0.875 bits per heavy atom. The lowest BCUT2D eigenvalue weighted by Gasteiger charge is -2.09. The third-order valence-electron chi connectivity index (χ3n) is 4.42. The molecule has 0 saturated carbocycles. The first-order valence-corrected chi connectivity index (χ1v) is 8.64. The van der Waals surface area contributed by atoms with E-state index < -0.39 is 0 Å². The lowest BCUT2D eigenvalue weighted by Crippen LogP contribution is -1.97. The largest absolute Gasteiger partial charge is 0.508 e. The van der Waals surface area contributed by atoms with Crippen molar-refractivity contribution in [3.05, 3.63) is 60.4 Å². The molecule has 24 heavy (non-hydrogen) atoms. The Morgan fingerprint density at radius 3 is 2.46 bits per heavy atom. The zero-order valence-corrected chi connectivity index (χ0v) is 13.9. The van der Waals surface area contributed by atoms with Crippen LogP contribution in [0.25, 0.3) is 21.9 Å². The van der Waals surface area contributed by atoms with Crippen LogP contribution in [0.4, 0.5) is 0 Å². The van der Waals surface area contributed by atoms with Gasteiger partial charge in [0.15, 0.2) is 0 Å². The molecule has 1 heterocycles. The van der Waals surface area contributed by atoms with Gasteiger partial charge in [0.1, 0.15) is 5.75 Å². The number of nitrogens with zero attached hydrogens (tertiary/aromatic N) is 1. The lowest BCUT2D eigenvalue weighted by molar-refractivity contribution is 0.475. The van der Waals surface area contributed by atoms with E-state index in [0.717, 1.165) is 35.9 Å². The van der Waals surface area contributed by atoms with E-state index in [4.69, 9.17) is 5.73 Å². The second-order valence-electron chi connectivity index (χ2n) is 6.24. The van der Waals surface area contributed by atoms with Crippen LogP contribution >= 0.6 is 0 Å². The number of benzene rings is 2. The number of aromatic hydroxyl groups is 1. The number of unbranched alkanes of at least 4 members (excludes halogenated alkanes) is 3. The van der Waals surface area contributed by atoms with E-state index in [2.05, 4.69) is 23.2 Å². The smallest absolute Gasteiger partial charge is 0.115 e. The maximum Gasteiger partial charge on any atom is 0.115 e. The monoisotopic (exact) mass is 320 g/mol. The summed E-state index contributed by atoms with van der Waals surface area (Å²) >= 11 is 0. The molecule has 1 aromatic heterocycles. The van der Waals surface area contributed by atoms with Gasteiger partial charge in [-0.1, -0.05) is 43.2 Å². The van der Waals surface area contributed by atoms with Gasteiger partial charge in [-0.25, -0.2) is 0 Å². The number of aryl methyl sites for hydroxylation is 1. The van der Waals surface area contributed by atoms with Crippen LogP contribution in [-0.2, 0) is 6.42 Å². The molecule has 0 fully saturated rings. The molecule has 0 saturated heterocycles. The Bertz CT molecular complexity index is 797. The van der Waals surface area contributed by atoms with Gasteiger partial charge in [-0.15, -0.1) is 0 Å². The third-order valence-corrected chi connectivity index (χ3v) is 4.42. The number of phenols is 1. The molecule has 0 amide bonds. The molecule has 0 unspecified atom stereocenters. The van der Waals surface area contributed by atoms with Crippen LogP contribution in [-0.4, -0.2) is 16.6 Å². The summed E-state index contributed by atoms with van der Waals surface area (Å²) in [7, 11) is 0. The molecule has 3 aromatic rings. The zero-order valence-electron chi connectivity index (χ0n) is 13.9. The van der Waals surface area contributed by atoms with Crippen LogP contribution in [0.3, 0.4) is 0 Å². The molecule has 3 heteroatoms. The minimum absolute atomic E-state index is 0.283. The van der Waals surface area contributed by atoms with E-state index in [-0.39, 0.29) is 5.75 Å². The maximum atomic E-state index is 9.50. The van der Waals surface area contributed by atoms with Crippen molar-refractivity contribution in [1.82, 2.24) is 4.98 Å². The van der Waals surface area contributed by atoms with E-state index in [1.54, 1.807) is 12.1 Å². The second kappa shape index (κ2) is 7.93. The van der Waals surface area contributed by atoms with Gasteiger partial charge in [-0.05, 0) is 54.5 Å². The highest BCUT2D eigenvalue weighted by atomic mass is 16.3. The van der Waals surface area contributed by atoms with Gasteiger partial charge in [0.25, 0.3) is 0 Å². The van der Waals surface area contributed by atoms with Crippen LogP contribution in [0.5, 0.6) is 5.75 Å². The van der Waals surface area contributed by atoms with Gasteiger partial charge >= 0.3 is 0 Å². The highest BCUT2D eigenvalue weighted by Gasteiger charge is 2.06. The molecule has 0 bridgehead atoms. The number of rotatable bonds is 7. The van der Waals surface area contributed by atoms with Crippen molar-refractivity contribution >= 4 is 10.8 Å². The number of hydrogen-bond donors (Lipinski definition) is 2. The summed E-state index contributed by atoms with van der Waals surface area (Å²) < 4.78 is 0. The molecule has 124 valence electrons. The summed E-state index contributed by atoms with van der Waals surface area (Å²) in [4.78, 5) is 4.36. The summed E-state index contributed by atoms with van der Waals surface area (Å²) in [5.74, 6) is 0.283. The Kier molecular flexibility index (Phi) is 5.44. The average molecular weight is 320 g/mol. The quantitative estimate of drug-likeness (QED) is 0.622. The molecule has 0 radical (unpaired) electrons. The number of hydrogen-bond acceptors (Lipinski definition) is 3. The van der Waals surface area contributed by atoms with Crippen molar-refractivity contribution < 1.29 is 5.11 Å². The molecular formula is C21H24N2O. The average Bonchev–Trinajstić information content (AvgIpc) is 2.62. The van der Waals surface area contributed by atoms with E-state index in [0.29, 0.717) is 0 Å². The van der Waals surface area contributed by atoms with E-state index in [1.165, 1.54) is 30.2 Å². The fourth-order valence-electron chi connectivity index (χ4n) is 3.06. The number of nitrogens with two attached hydrogens (primary N) is 1. The van der Waals surface area contributed by atoms with Crippen LogP contribution in [0.1, 0.15) is 31.2 Å². The van der Waals surface area contributed by atoms with Crippen molar-refractivity contribution in [1.29, 1.82) is 0 Å². The highest BCUT2D eigenvalue weighted by Crippen LogP contribution is 2.29. The van der Waals surface area contributed by atoms with Crippen molar-refractivity contribution in [2.45, 2.75) is 32.1 Å². The van der Waals surface area contributed by atoms with Crippen LogP contribution in [0.2, 0.25) is 0 Å². The molecular weight excluding hydrogens is 296 g/mol. The first-order valence-electron chi connectivity index (χ1n) is 8.64. The fraction of sp³-hybridized carbons (Fsp3) is 0.286. The summed E-state index contributed by atoms with van der Waals surface area (Å²) in [5.41, 5.74) is 9.09. The van der Waals surface area contributed by atoms with Crippen LogP contribution in [0, 0.1) is 0 Å². The van der Waals surface area contributed by atoms with Gasteiger partial charge in [0, 0.05) is 23.3 Å². The maximum absolute atomic E-state index is 9.50. The molecule has 0 spiro atoms. The number of aromatic nitrogens is 1. The van der Waals surface area contributed by atoms with Gasteiger partial charge in [-0.2, -0.15) is 0 Å². The summed E-state index contributed by atoms with van der Waals surface area (Å²) in [6, 6.07) is 13.9. The van der Waals surface area contributed by atoms with Gasteiger partial charge in [0.2, 0.25) is 0 Å². The Hall–Kier alpha value is -2.39. The first-order chi connectivity index (χ1) is 11.8. The normalized spacial score (nSPS) is 11.0. The van der Waals surface area contributed by atoms with Crippen molar-refractivity contribution in [3.8, 4) is 16.9 Å². The van der Waals surface area contributed by atoms with E-state index in [1.807, 2.05) is 24.5 Å². The van der Waals surface area contributed by atoms with Crippen molar-refractivity contribution in [2.24, 2.45) is 5.73 Å². The Labute approximate surface area is 143 Å². The second-order valence-corrected chi connectivity index (χ2v) is 6.24. The summed E-state index contributed by atoms with van der Waals surface area (Å²) in [5, 5.41) is 11.9. The SMILES string of the molecule is NCCCCCCc1ccc2cncc(-c3ccc(O)cc3)c2c1. The van der Waals surface area contributed by atoms with Gasteiger partial charge < -0.3 is 10.8 Å². The Balaban J connectivity index is 1.84. The summed E-state index contributed by atoms with van der Waals surface area (Å²) in [6.45, 7) is 0.791. The summed E-state index contributed by atoms with van der Waals surface area (Å²) in [6.07, 6.45) is 9.67. The van der Waals surface area contributed by atoms with E-state index >= 15 is 0 Å². The predicted octanol–water partition coefficient (Wildman–Crippen LogP) is 4.67. The highest BCUT2D eigenvalue weighted by molar-refractivity contribution is 5.96. The third kappa shape index (κ3) is 3.92. The van der Waals surface area contributed by atoms with Crippen molar-refractivity contribution in [3.63, 3.8) is 0 Å². The molecule has 0 aliphatic rings. The van der Waals surface area contributed by atoms with Crippen LogP contribution < -0.4 is 5.73 Å². The van der Waals surface area contributed by atoms with Crippen LogP contribution in [0.15, 0.2) is 54.9 Å². The van der Waals surface area contributed by atoms with Gasteiger partial charge in [0.05, 0.1) is 0 Å². The molecule has 3 N–H and O–H groups in total. The predicted molar refractivity (Wildman–Crippen MR) is 100 cm³/mol. The molecule has 3 nitrogen and oxygen atoms in total. The van der Waals surface area contributed by atoms with E-state index in [9.17, 15) is 5.11 Å². The fourth-order valence-corrected chi connectivity index (χ4v) is 3.06. The van der Waals surface area contributed by atoms with Gasteiger partial charge in [-0.3, -0.25) is 4.98 Å². The lowest BCUT2D eigenvalue weighted by atomic mass is 9.97. The minimum Gasteiger partial charge on any atom is -0.508 e. The topological polar surface area (TPSA) is 59.1 Å². The first kappa shape index (κ1) is 16.5. The molecule has 0 aliphatic heterocycles. The number of fused-ring (bicyclic) bond motifs is 1. The molecule has 0 aliphatic carbocycles. The minimum atomic E-state index is 0.283. The molecule has 2 aromatic carbocycles. The number of phenolic OH excluding ortho intramolecular Hbond substituents is 1. The standard InChI is InChI=1S/C21H24N2O/c22-12-4-2-1-3-5-16-6-7-18-14-23-15-21(20(18)13-16)17-8-10-19(24)11-9-17/h6-11,13-15,24H,1-5,12,22H2.